The van der Waals surface area contributed by atoms with Crippen LogP contribution in [0.25, 0.3) is 10.8 Å². The molecule has 0 bridgehead atoms. The summed E-state index contributed by atoms with van der Waals surface area (Å²) in [6, 6.07) is 6.43. The van der Waals surface area contributed by atoms with E-state index in [9.17, 15) is 14.4 Å². The summed E-state index contributed by atoms with van der Waals surface area (Å²) >= 11 is 0. The fourth-order valence-corrected chi connectivity index (χ4v) is 4.13. The highest BCUT2D eigenvalue weighted by Gasteiger charge is 2.32. The van der Waals surface area contributed by atoms with Crippen molar-refractivity contribution in [2.75, 3.05) is 26.3 Å². The molecule has 2 amide bonds. The lowest BCUT2D eigenvalue weighted by atomic mass is 9.85. The van der Waals surface area contributed by atoms with Crippen molar-refractivity contribution in [3.8, 4) is 0 Å². The van der Waals surface area contributed by atoms with E-state index in [4.69, 9.17) is 4.74 Å². The first-order chi connectivity index (χ1) is 15.1. The highest BCUT2D eigenvalue weighted by Crippen LogP contribution is 2.28. The topological polar surface area (TPSA) is 106 Å². The molecule has 1 aromatic heterocycles. The van der Waals surface area contributed by atoms with Crippen molar-refractivity contribution in [1.29, 1.82) is 0 Å². The maximum Gasteiger partial charge on any atom is 0.290 e. The third-order valence-electron chi connectivity index (χ3n) is 6.08. The molecule has 2 heterocycles. The smallest absolute Gasteiger partial charge is 0.290 e. The van der Waals surface area contributed by atoms with Crippen LogP contribution in [0.4, 0.5) is 0 Å². The molecule has 0 radical (unpaired) electrons. The number of hydrogen-bond donors (Lipinski definition) is 2. The molecule has 2 fully saturated rings. The second-order valence-electron chi connectivity index (χ2n) is 8.25. The number of carbonyl (C=O) groups is 2. The number of nitrogens with one attached hydrogen (secondary N) is 2. The van der Waals surface area contributed by atoms with Crippen LogP contribution in [0.5, 0.6) is 0 Å². The number of carbonyl (C=O) groups excluding carboxylic acids is 2. The molecular weight excluding hydrogens is 398 g/mol. The van der Waals surface area contributed by atoms with E-state index < -0.39 is 11.9 Å². The average Bonchev–Trinajstić information content (AvgIpc) is 2.76. The number of nitrogens with zero attached hydrogens (tertiary/aromatic N) is 3. The predicted molar refractivity (Wildman–Crippen MR) is 115 cm³/mol. The summed E-state index contributed by atoms with van der Waals surface area (Å²) < 4.78 is 6.81. The first-order valence-electron chi connectivity index (χ1n) is 11.0. The molecule has 2 N–H and O–H groups in total. The number of fused-ring (bicyclic) bond motifs is 1. The number of benzene rings is 1. The molecule has 1 atom stereocenters. The van der Waals surface area contributed by atoms with Crippen LogP contribution in [0.3, 0.4) is 0 Å². The minimum atomic E-state index is -0.559. The van der Waals surface area contributed by atoms with Gasteiger partial charge in [-0.1, -0.05) is 31.5 Å². The lowest BCUT2D eigenvalue weighted by molar-refractivity contribution is -0.134. The Labute approximate surface area is 180 Å². The fourth-order valence-electron chi connectivity index (χ4n) is 4.13. The van der Waals surface area contributed by atoms with Gasteiger partial charge >= 0.3 is 0 Å². The zero-order valence-corrected chi connectivity index (χ0v) is 17.8. The number of morpholine rings is 1. The van der Waals surface area contributed by atoms with Crippen molar-refractivity contribution in [2.45, 2.75) is 45.2 Å². The molecule has 2 aliphatic rings. The van der Waals surface area contributed by atoms with Crippen LogP contribution >= 0.6 is 0 Å². The van der Waals surface area contributed by atoms with Gasteiger partial charge in [0.25, 0.3) is 17.4 Å². The second-order valence-corrected chi connectivity index (χ2v) is 8.25. The average molecular weight is 428 g/mol. The summed E-state index contributed by atoms with van der Waals surface area (Å²) in [5, 5.41) is 5.14. The molecule has 31 heavy (non-hydrogen) atoms. The summed E-state index contributed by atoms with van der Waals surface area (Å²) in [5.74, 6) is -0.228. The molecule has 1 aliphatic heterocycles. The van der Waals surface area contributed by atoms with Gasteiger partial charge in [-0.25, -0.2) is 4.68 Å². The summed E-state index contributed by atoms with van der Waals surface area (Å²) in [6.45, 7) is 4.84. The molecule has 1 unspecified atom stereocenters. The van der Waals surface area contributed by atoms with E-state index in [0.717, 1.165) is 6.54 Å². The van der Waals surface area contributed by atoms with Gasteiger partial charge in [0.15, 0.2) is 5.69 Å². The molecule has 1 aliphatic carbocycles. The lowest BCUT2D eigenvalue weighted by Crippen LogP contribution is -2.58. The Hall–Kier alpha value is -2.78. The van der Waals surface area contributed by atoms with Crippen LogP contribution in [0.15, 0.2) is 29.1 Å². The zero-order valence-electron chi connectivity index (χ0n) is 17.8. The standard InChI is InChI=1S/C22H29N5O4/c1-2-10-27-22(30)17-9-4-3-8-16(17)19(25-27)21(29)24-23-20(28)18-14-31-12-11-26(18)13-15-6-5-7-15/h3-4,8-9,15,18H,2,5-7,10-14H2,1H3,(H,23,28)(H,24,29). The largest absolute Gasteiger partial charge is 0.378 e. The van der Waals surface area contributed by atoms with Crippen molar-refractivity contribution in [3.05, 3.63) is 40.3 Å². The summed E-state index contributed by atoms with van der Waals surface area (Å²) in [4.78, 5) is 40.4. The molecule has 1 saturated carbocycles. The SMILES string of the molecule is CCCn1nc(C(=O)NNC(=O)C2COCCN2CC2CCC2)c2ccccc2c1=O. The predicted octanol–water partition coefficient (Wildman–Crippen LogP) is 1.07. The molecule has 166 valence electrons. The van der Waals surface area contributed by atoms with Gasteiger partial charge in [-0.05, 0) is 31.2 Å². The van der Waals surface area contributed by atoms with E-state index in [2.05, 4.69) is 20.9 Å². The van der Waals surface area contributed by atoms with Gasteiger partial charge in [0.05, 0.1) is 18.6 Å². The third kappa shape index (κ3) is 4.62. The summed E-state index contributed by atoms with van der Waals surface area (Å²) in [6.07, 6.45) is 4.37. The van der Waals surface area contributed by atoms with E-state index >= 15 is 0 Å². The molecule has 2 aromatic rings. The second kappa shape index (κ2) is 9.57. The van der Waals surface area contributed by atoms with Gasteiger partial charge in [0, 0.05) is 25.0 Å². The molecule has 1 aromatic carbocycles. The Morgan fingerprint density at radius 2 is 1.97 bits per heavy atom. The van der Waals surface area contributed by atoms with Gasteiger partial charge in [-0.3, -0.25) is 30.1 Å². The molecular formula is C22H29N5O4. The Morgan fingerprint density at radius 3 is 2.68 bits per heavy atom. The number of amides is 2. The lowest BCUT2D eigenvalue weighted by Gasteiger charge is -2.38. The van der Waals surface area contributed by atoms with Gasteiger partial charge in [-0.2, -0.15) is 5.10 Å². The summed E-state index contributed by atoms with van der Waals surface area (Å²) in [5.41, 5.74) is 4.89. The van der Waals surface area contributed by atoms with Crippen LogP contribution in [0.1, 0.15) is 43.1 Å². The highest BCUT2D eigenvalue weighted by atomic mass is 16.5. The Bertz CT molecular complexity index is 1020. The molecule has 1 saturated heterocycles. The Morgan fingerprint density at radius 1 is 1.19 bits per heavy atom. The number of aromatic nitrogens is 2. The number of rotatable bonds is 6. The van der Waals surface area contributed by atoms with Crippen LogP contribution in [-0.2, 0) is 16.1 Å². The van der Waals surface area contributed by atoms with Gasteiger partial charge < -0.3 is 4.74 Å². The minimum Gasteiger partial charge on any atom is -0.378 e. The summed E-state index contributed by atoms with van der Waals surface area (Å²) in [7, 11) is 0. The van der Waals surface area contributed by atoms with Crippen LogP contribution in [0, 0.1) is 5.92 Å². The van der Waals surface area contributed by atoms with Crippen molar-refractivity contribution in [1.82, 2.24) is 25.5 Å². The van der Waals surface area contributed by atoms with Crippen molar-refractivity contribution < 1.29 is 14.3 Å². The van der Waals surface area contributed by atoms with E-state index in [1.54, 1.807) is 24.3 Å². The van der Waals surface area contributed by atoms with Crippen LogP contribution in [-0.4, -0.2) is 58.8 Å². The molecule has 0 spiro atoms. The fraction of sp³-hybridized carbons (Fsp3) is 0.545. The monoisotopic (exact) mass is 427 g/mol. The number of ether oxygens (including phenoxy) is 1. The Kier molecular flexibility index (Phi) is 6.62. The quantitative estimate of drug-likeness (QED) is 0.668. The highest BCUT2D eigenvalue weighted by molar-refractivity contribution is 6.05. The third-order valence-corrected chi connectivity index (χ3v) is 6.08. The van der Waals surface area contributed by atoms with E-state index in [0.29, 0.717) is 49.4 Å². The number of hydrogen-bond acceptors (Lipinski definition) is 6. The van der Waals surface area contributed by atoms with Crippen molar-refractivity contribution in [3.63, 3.8) is 0 Å². The van der Waals surface area contributed by atoms with Gasteiger partial charge in [0.2, 0.25) is 0 Å². The molecule has 9 heteroatoms. The normalized spacial score (nSPS) is 19.7. The number of hydrazine groups is 1. The van der Waals surface area contributed by atoms with E-state index in [-0.39, 0.29) is 17.2 Å². The minimum absolute atomic E-state index is 0.107. The first-order valence-corrected chi connectivity index (χ1v) is 11.0. The van der Waals surface area contributed by atoms with Gasteiger partial charge in [0.1, 0.15) is 6.04 Å². The van der Waals surface area contributed by atoms with Crippen molar-refractivity contribution in [2.24, 2.45) is 5.92 Å². The molecule has 9 nitrogen and oxygen atoms in total. The maximum absolute atomic E-state index is 12.9. The first kappa shape index (κ1) is 21.5. The van der Waals surface area contributed by atoms with Crippen LogP contribution in [0.2, 0.25) is 0 Å². The Balaban J connectivity index is 1.48. The maximum atomic E-state index is 12.9. The zero-order chi connectivity index (χ0) is 21.8. The van der Waals surface area contributed by atoms with Crippen LogP contribution < -0.4 is 16.4 Å². The number of aryl methyl sites for hydroxylation is 1. The van der Waals surface area contributed by atoms with E-state index in [1.807, 2.05) is 6.92 Å². The van der Waals surface area contributed by atoms with Gasteiger partial charge in [-0.15, -0.1) is 0 Å². The molecule has 4 rings (SSSR count). The van der Waals surface area contributed by atoms with Crippen molar-refractivity contribution >= 4 is 22.6 Å². The van der Waals surface area contributed by atoms with E-state index in [1.165, 1.54) is 23.9 Å².